The number of carboxylic acids is 1. The van der Waals surface area contributed by atoms with Gasteiger partial charge >= 0.3 is 11.9 Å². The second-order valence-corrected chi connectivity index (χ2v) is 15.1. The zero-order valence-electron chi connectivity index (χ0n) is 23.9. The minimum Gasteiger partial charge on any atom is -0.481 e. The van der Waals surface area contributed by atoms with Crippen LogP contribution in [-0.4, -0.2) is 23.1 Å². The molecule has 10 atom stereocenters. The van der Waals surface area contributed by atoms with Crippen molar-refractivity contribution in [1.82, 2.24) is 0 Å². The second-order valence-electron chi connectivity index (χ2n) is 15.1. The lowest BCUT2D eigenvalue weighted by atomic mass is 9.32. The summed E-state index contributed by atoms with van der Waals surface area (Å²) < 4.78 is 5.88. The van der Waals surface area contributed by atoms with E-state index >= 15 is 0 Å². The van der Waals surface area contributed by atoms with E-state index in [1.165, 1.54) is 24.8 Å². The van der Waals surface area contributed by atoms with Crippen LogP contribution in [0, 0.1) is 56.7 Å². The molecule has 5 aliphatic rings. The van der Waals surface area contributed by atoms with E-state index in [4.69, 9.17) is 4.74 Å². The van der Waals surface area contributed by atoms with E-state index in [0.29, 0.717) is 23.7 Å². The SMILES string of the molecule is C=C(C)C1CCC2(C(=O)O)CC[C@]3(C)C(CCC4[C@@]5(C)CCC(OC(C)=O)C(C)(C)C5CC[C@]43C)C12. The van der Waals surface area contributed by atoms with E-state index in [1.807, 2.05) is 0 Å². The van der Waals surface area contributed by atoms with Crippen molar-refractivity contribution in [3.8, 4) is 0 Å². The fourth-order valence-electron chi connectivity index (χ4n) is 11.9. The first-order valence-corrected chi connectivity index (χ1v) is 14.7. The molecule has 5 saturated carbocycles. The lowest BCUT2D eigenvalue weighted by Crippen LogP contribution is -2.67. The predicted octanol–water partition coefficient (Wildman–Crippen LogP) is 7.66. The maximum Gasteiger partial charge on any atom is 0.309 e. The van der Waals surface area contributed by atoms with Crippen LogP contribution in [0.2, 0.25) is 0 Å². The van der Waals surface area contributed by atoms with Crippen LogP contribution in [0.1, 0.15) is 113 Å². The van der Waals surface area contributed by atoms with E-state index in [0.717, 1.165) is 44.9 Å². The number of allylic oxidation sites excluding steroid dienone is 1. The number of aliphatic carboxylic acids is 1. The number of esters is 1. The fourth-order valence-corrected chi connectivity index (χ4v) is 11.9. The van der Waals surface area contributed by atoms with Gasteiger partial charge in [-0.1, -0.05) is 46.8 Å². The molecular formula is C32H50O4. The third-order valence-corrected chi connectivity index (χ3v) is 13.7. The van der Waals surface area contributed by atoms with Gasteiger partial charge in [0.1, 0.15) is 6.10 Å². The lowest BCUT2D eigenvalue weighted by molar-refractivity contribution is -0.250. The molecule has 0 aliphatic heterocycles. The molecule has 5 rings (SSSR count). The van der Waals surface area contributed by atoms with E-state index < -0.39 is 11.4 Å². The van der Waals surface area contributed by atoms with Crippen LogP contribution in [0.25, 0.3) is 0 Å². The van der Waals surface area contributed by atoms with Gasteiger partial charge in [0.15, 0.2) is 0 Å². The highest BCUT2D eigenvalue weighted by molar-refractivity contribution is 5.76. The monoisotopic (exact) mass is 498 g/mol. The summed E-state index contributed by atoms with van der Waals surface area (Å²) in [5.74, 6) is 1.49. The van der Waals surface area contributed by atoms with Gasteiger partial charge in [0.2, 0.25) is 0 Å². The zero-order valence-corrected chi connectivity index (χ0v) is 23.9. The molecule has 0 heterocycles. The van der Waals surface area contributed by atoms with Crippen LogP contribution >= 0.6 is 0 Å². The van der Waals surface area contributed by atoms with Crippen molar-refractivity contribution in [3.05, 3.63) is 12.2 Å². The van der Waals surface area contributed by atoms with Gasteiger partial charge in [0.05, 0.1) is 5.41 Å². The molecule has 0 aromatic heterocycles. The second kappa shape index (κ2) is 8.09. The molecule has 4 nitrogen and oxygen atoms in total. The molecule has 36 heavy (non-hydrogen) atoms. The van der Waals surface area contributed by atoms with Crippen LogP contribution in [0.15, 0.2) is 12.2 Å². The Labute approximate surface area is 219 Å². The molecule has 202 valence electrons. The van der Waals surface area contributed by atoms with Gasteiger partial charge in [-0.15, -0.1) is 0 Å². The summed E-state index contributed by atoms with van der Waals surface area (Å²) in [6.45, 7) is 20.4. The number of hydrogen-bond donors (Lipinski definition) is 1. The number of hydrogen-bond acceptors (Lipinski definition) is 3. The molecule has 5 fully saturated rings. The summed E-state index contributed by atoms with van der Waals surface area (Å²) in [6.07, 6.45) is 10.5. The van der Waals surface area contributed by atoms with Gasteiger partial charge in [0, 0.05) is 12.3 Å². The summed E-state index contributed by atoms with van der Waals surface area (Å²) in [5, 5.41) is 10.5. The molecule has 5 aliphatic carbocycles. The fraction of sp³-hybridized carbons (Fsp3) is 0.875. The third kappa shape index (κ3) is 3.17. The summed E-state index contributed by atoms with van der Waals surface area (Å²) >= 11 is 0. The van der Waals surface area contributed by atoms with Gasteiger partial charge in [0.25, 0.3) is 0 Å². The topological polar surface area (TPSA) is 63.6 Å². The maximum absolute atomic E-state index is 12.8. The molecule has 0 aromatic carbocycles. The Hall–Kier alpha value is -1.32. The Bertz CT molecular complexity index is 967. The molecule has 0 amide bonds. The molecular weight excluding hydrogens is 448 g/mol. The number of ether oxygens (including phenoxy) is 1. The number of fused-ring (bicyclic) bond motifs is 7. The summed E-state index contributed by atoms with van der Waals surface area (Å²) in [4.78, 5) is 24.7. The molecule has 7 unspecified atom stereocenters. The highest BCUT2D eigenvalue weighted by Crippen LogP contribution is 2.77. The van der Waals surface area contributed by atoms with E-state index in [9.17, 15) is 14.7 Å². The van der Waals surface area contributed by atoms with Gasteiger partial charge in [-0.3, -0.25) is 9.59 Å². The lowest BCUT2D eigenvalue weighted by Gasteiger charge is -2.72. The first kappa shape index (κ1) is 26.3. The first-order chi connectivity index (χ1) is 16.6. The zero-order chi connectivity index (χ0) is 26.5. The highest BCUT2D eigenvalue weighted by Gasteiger charge is 2.72. The largest absolute Gasteiger partial charge is 0.481 e. The Morgan fingerprint density at radius 2 is 1.50 bits per heavy atom. The minimum absolute atomic E-state index is 0.00466. The van der Waals surface area contributed by atoms with Crippen molar-refractivity contribution in [2.75, 3.05) is 0 Å². The van der Waals surface area contributed by atoms with Gasteiger partial charge in [-0.05, 0) is 117 Å². The average molecular weight is 499 g/mol. The Kier molecular flexibility index (Phi) is 5.91. The van der Waals surface area contributed by atoms with E-state index in [-0.39, 0.29) is 39.7 Å². The van der Waals surface area contributed by atoms with Crippen LogP contribution < -0.4 is 0 Å². The highest BCUT2D eigenvalue weighted by atomic mass is 16.5. The van der Waals surface area contributed by atoms with Crippen molar-refractivity contribution in [1.29, 1.82) is 0 Å². The third-order valence-electron chi connectivity index (χ3n) is 13.7. The van der Waals surface area contributed by atoms with Crippen LogP contribution in [0.3, 0.4) is 0 Å². The predicted molar refractivity (Wildman–Crippen MR) is 142 cm³/mol. The molecule has 0 spiro atoms. The van der Waals surface area contributed by atoms with E-state index in [2.05, 4.69) is 48.1 Å². The minimum atomic E-state index is -0.553. The Morgan fingerprint density at radius 1 is 0.806 bits per heavy atom. The van der Waals surface area contributed by atoms with Crippen molar-refractivity contribution in [3.63, 3.8) is 0 Å². The normalized spacial score (nSPS) is 51.2. The van der Waals surface area contributed by atoms with Crippen molar-refractivity contribution in [2.24, 2.45) is 56.7 Å². The summed E-state index contributed by atoms with van der Waals surface area (Å²) in [5.41, 5.74) is 1.20. The number of carbonyl (C=O) groups excluding carboxylic acids is 1. The molecule has 4 heteroatoms. The van der Waals surface area contributed by atoms with Crippen molar-refractivity contribution >= 4 is 11.9 Å². The standard InChI is InChI=1S/C32H50O4/c1-19(2)21-11-16-32(27(34)35)18-17-30(7)22(26(21)32)9-10-24-29(6)14-13-25(36-20(3)33)28(4,5)23(29)12-15-31(24,30)8/h21-26H,1,9-18H2,2-8H3,(H,34,35)/t21?,22?,23?,24?,25?,26?,29-,30+,31+,32?/m0/s1. The van der Waals surface area contributed by atoms with Gasteiger partial charge in [-0.25, -0.2) is 0 Å². The van der Waals surface area contributed by atoms with Crippen LogP contribution in [0.5, 0.6) is 0 Å². The molecule has 1 N–H and O–H groups in total. The first-order valence-electron chi connectivity index (χ1n) is 14.7. The molecule has 0 radical (unpaired) electrons. The number of rotatable bonds is 3. The molecule has 0 bridgehead atoms. The number of carboxylic acid groups (broad SMARTS) is 1. The van der Waals surface area contributed by atoms with Gasteiger partial charge in [-0.2, -0.15) is 0 Å². The quantitative estimate of drug-likeness (QED) is 0.320. The Morgan fingerprint density at radius 3 is 2.11 bits per heavy atom. The van der Waals surface area contributed by atoms with Gasteiger partial charge < -0.3 is 9.84 Å². The average Bonchev–Trinajstić information content (AvgIpc) is 3.17. The van der Waals surface area contributed by atoms with Crippen molar-refractivity contribution < 1.29 is 19.4 Å². The van der Waals surface area contributed by atoms with E-state index in [1.54, 1.807) is 6.92 Å². The van der Waals surface area contributed by atoms with Crippen molar-refractivity contribution in [2.45, 2.75) is 119 Å². The smallest absolute Gasteiger partial charge is 0.309 e. The van der Waals surface area contributed by atoms with Crippen LogP contribution in [0.4, 0.5) is 0 Å². The molecule has 0 saturated heterocycles. The summed E-state index contributed by atoms with van der Waals surface area (Å²) in [7, 11) is 0. The maximum atomic E-state index is 12.8. The molecule has 0 aromatic rings. The van der Waals surface area contributed by atoms with Crippen LogP contribution in [-0.2, 0) is 14.3 Å². The summed E-state index contributed by atoms with van der Waals surface area (Å²) in [6, 6.07) is 0. The number of carbonyl (C=O) groups is 2. The Balaban J connectivity index is 1.52.